The Morgan fingerprint density at radius 3 is 2.38 bits per heavy atom. The quantitative estimate of drug-likeness (QED) is 0.213. The van der Waals surface area contributed by atoms with Crippen molar-refractivity contribution in [2.45, 2.75) is 43.9 Å². The van der Waals surface area contributed by atoms with E-state index in [-0.39, 0.29) is 6.42 Å². The van der Waals surface area contributed by atoms with Gasteiger partial charge >= 0.3 is 11.9 Å². The lowest BCUT2D eigenvalue weighted by Crippen LogP contribution is -2.59. The first-order valence-corrected chi connectivity index (χ1v) is 7.65. The Morgan fingerprint density at radius 2 is 1.92 bits per heavy atom. The molecule has 0 aliphatic heterocycles. The van der Waals surface area contributed by atoms with Crippen LogP contribution in [0.2, 0.25) is 0 Å². The van der Waals surface area contributed by atoms with Crippen molar-refractivity contribution >= 4 is 23.8 Å². The Morgan fingerprint density at radius 1 is 1.27 bits per heavy atom. The number of aliphatic carboxylic acids is 2. The maximum Gasteiger partial charge on any atom is 0.327 e. The average Bonchev–Trinajstić information content (AvgIpc) is 3.03. The first-order valence-electron chi connectivity index (χ1n) is 7.65. The molecule has 26 heavy (non-hydrogen) atoms. The monoisotopic (exact) mass is 370 g/mol. The SMILES string of the molecule is C[C@H](N[C@@H](Cc1c[nH]cn1)C(=O)O)[C@@H](NC(=O)[C@@H](N)CC(N)=O)C(=O)O. The number of hydrogen-bond acceptors (Lipinski definition) is 7. The summed E-state index contributed by atoms with van der Waals surface area (Å²) in [4.78, 5) is 52.2. The molecular weight excluding hydrogens is 348 g/mol. The number of rotatable bonds is 11. The van der Waals surface area contributed by atoms with Crippen LogP contribution < -0.4 is 22.1 Å². The number of carboxylic acid groups (broad SMARTS) is 2. The average molecular weight is 370 g/mol. The van der Waals surface area contributed by atoms with Crippen molar-refractivity contribution in [3.63, 3.8) is 0 Å². The van der Waals surface area contributed by atoms with Crippen molar-refractivity contribution in [3.05, 3.63) is 18.2 Å². The number of H-pyrrole nitrogens is 1. The van der Waals surface area contributed by atoms with Gasteiger partial charge in [-0.1, -0.05) is 0 Å². The summed E-state index contributed by atoms with van der Waals surface area (Å²) in [5.41, 5.74) is 10.9. The molecule has 9 N–H and O–H groups in total. The smallest absolute Gasteiger partial charge is 0.327 e. The Balaban J connectivity index is 2.77. The second-order valence-electron chi connectivity index (χ2n) is 5.71. The normalized spacial score (nSPS) is 15.5. The Hall–Kier alpha value is -2.99. The summed E-state index contributed by atoms with van der Waals surface area (Å²) in [6.07, 6.45) is 2.46. The molecule has 12 nitrogen and oxygen atoms in total. The molecule has 0 aromatic carbocycles. The van der Waals surface area contributed by atoms with Crippen LogP contribution in [0.4, 0.5) is 0 Å². The molecule has 4 atom stereocenters. The Bertz CT molecular complexity index is 648. The van der Waals surface area contributed by atoms with E-state index in [2.05, 4.69) is 20.6 Å². The molecule has 1 rings (SSSR count). The van der Waals surface area contributed by atoms with Gasteiger partial charge in [-0.05, 0) is 6.92 Å². The van der Waals surface area contributed by atoms with Gasteiger partial charge in [0.2, 0.25) is 11.8 Å². The second-order valence-corrected chi connectivity index (χ2v) is 5.71. The first-order chi connectivity index (χ1) is 12.1. The van der Waals surface area contributed by atoms with Gasteiger partial charge in [0.05, 0.1) is 24.5 Å². The van der Waals surface area contributed by atoms with E-state index in [4.69, 9.17) is 11.5 Å². The number of carboxylic acids is 2. The summed E-state index contributed by atoms with van der Waals surface area (Å²) in [6.45, 7) is 1.40. The predicted molar refractivity (Wildman–Crippen MR) is 87.7 cm³/mol. The lowest BCUT2D eigenvalue weighted by molar-refractivity contribution is -0.144. The molecule has 12 heteroatoms. The van der Waals surface area contributed by atoms with Crippen LogP contribution in [0.25, 0.3) is 0 Å². The number of aromatic nitrogens is 2. The molecule has 0 spiro atoms. The molecule has 144 valence electrons. The van der Waals surface area contributed by atoms with Crippen molar-refractivity contribution in [2.75, 3.05) is 0 Å². The third-order valence-corrected chi connectivity index (χ3v) is 3.55. The summed E-state index contributed by atoms with van der Waals surface area (Å²) in [5, 5.41) is 23.4. The van der Waals surface area contributed by atoms with Gasteiger partial charge in [-0.2, -0.15) is 0 Å². The van der Waals surface area contributed by atoms with E-state index in [0.29, 0.717) is 5.69 Å². The largest absolute Gasteiger partial charge is 0.480 e. The van der Waals surface area contributed by atoms with Crippen molar-refractivity contribution in [3.8, 4) is 0 Å². The number of nitrogens with one attached hydrogen (secondary N) is 3. The number of primary amides is 1. The van der Waals surface area contributed by atoms with Crippen LogP contribution in [-0.4, -0.2) is 68.1 Å². The molecular formula is C14H22N6O6. The fourth-order valence-corrected chi connectivity index (χ4v) is 2.21. The number of nitrogens with two attached hydrogens (primary N) is 2. The van der Waals surface area contributed by atoms with E-state index >= 15 is 0 Å². The van der Waals surface area contributed by atoms with E-state index in [1.165, 1.54) is 19.4 Å². The minimum Gasteiger partial charge on any atom is -0.480 e. The predicted octanol–water partition coefficient (Wildman–Crippen LogP) is -2.84. The number of carbonyl (C=O) groups is 4. The van der Waals surface area contributed by atoms with Crippen molar-refractivity contribution in [1.82, 2.24) is 20.6 Å². The van der Waals surface area contributed by atoms with Gasteiger partial charge in [-0.15, -0.1) is 0 Å². The highest BCUT2D eigenvalue weighted by atomic mass is 16.4. The molecule has 0 saturated heterocycles. The first kappa shape index (κ1) is 21.1. The number of carbonyl (C=O) groups excluding carboxylic acids is 2. The third kappa shape index (κ3) is 6.49. The van der Waals surface area contributed by atoms with Crippen molar-refractivity contribution < 1.29 is 29.4 Å². The van der Waals surface area contributed by atoms with E-state index in [1.54, 1.807) is 0 Å². The van der Waals surface area contributed by atoms with Crippen LogP contribution in [0, 0.1) is 0 Å². The maximum atomic E-state index is 11.9. The van der Waals surface area contributed by atoms with Crippen molar-refractivity contribution in [2.24, 2.45) is 11.5 Å². The van der Waals surface area contributed by atoms with Crippen LogP contribution in [-0.2, 0) is 25.6 Å². The van der Waals surface area contributed by atoms with Gasteiger partial charge < -0.3 is 32.0 Å². The molecule has 1 heterocycles. The number of hydrogen-bond donors (Lipinski definition) is 7. The zero-order valence-corrected chi connectivity index (χ0v) is 14.0. The highest BCUT2D eigenvalue weighted by Crippen LogP contribution is 2.03. The fraction of sp³-hybridized carbons (Fsp3) is 0.500. The minimum atomic E-state index is -1.47. The van der Waals surface area contributed by atoms with Crippen LogP contribution in [0.5, 0.6) is 0 Å². The third-order valence-electron chi connectivity index (χ3n) is 3.55. The van der Waals surface area contributed by atoms with Gasteiger partial charge in [-0.3, -0.25) is 19.7 Å². The molecule has 2 amide bonds. The van der Waals surface area contributed by atoms with Gasteiger partial charge in [0.25, 0.3) is 0 Å². The number of imidazole rings is 1. The Kier molecular flexibility index (Phi) is 7.68. The van der Waals surface area contributed by atoms with E-state index in [9.17, 15) is 29.4 Å². The van der Waals surface area contributed by atoms with E-state index in [0.717, 1.165) is 0 Å². The highest BCUT2D eigenvalue weighted by molar-refractivity contribution is 5.90. The molecule has 0 bridgehead atoms. The van der Waals surface area contributed by atoms with Crippen LogP contribution in [0.15, 0.2) is 12.5 Å². The van der Waals surface area contributed by atoms with E-state index < -0.39 is 54.3 Å². The fourth-order valence-electron chi connectivity index (χ4n) is 2.21. The summed E-state index contributed by atoms with van der Waals surface area (Å²) in [5.74, 6) is -4.30. The molecule has 1 aromatic heterocycles. The molecule has 1 aromatic rings. The van der Waals surface area contributed by atoms with Gasteiger partial charge in [0, 0.05) is 18.7 Å². The van der Waals surface area contributed by atoms with Crippen LogP contribution in [0.3, 0.4) is 0 Å². The standard InChI is InChI=1S/C14H22N6O6/c1-6(19-9(13(23)24)2-7-4-17-5-18-7)11(14(25)26)20-12(22)8(15)3-10(16)21/h4-6,8-9,11,19H,2-3,15H2,1H3,(H2,16,21)(H,17,18)(H,20,22)(H,23,24)(H,25,26)/t6-,8-,9-,11+/m0/s1. The summed E-state index contributed by atoms with van der Waals surface area (Å²) in [7, 11) is 0. The molecule has 0 saturated carbocycles. The van der Waals surface area contributed by atoms with Crippen molar-refractivity contribution in [1.29, 1.82) is 0 Å². The maximum absolute atomic E-state index is 11.9. The number of aromatic amines is 1. The van der Waals surface area contributed by atoms with Gasteiger partial charge in [0.15, 0.2) is 0 Å². The molecule has 0 fully saturated rings. The number of nitrogens with zero attached hydrogens (tertiary/aromatic N) is 1. The summed E-state index contributed by atoms with van der Waals surface area (Å²) in [6, 6.07) is -4.87. The van der Waals surface area contributed by atoms with Gasteiger partial charge in [-0.25, -0.2) is 9.78 Å². The molecule has 0 aliphatic rings. The van der Waals surface area contributed by atoms with E-state index in [1.807, 2.05) is 0 Å². The highest BCUT2D eigenvalue weighted by Gasteiger charge is 2.32. The zero-order chi connectivity index (χ0) is 19.9. The molecule has 0 aliphatic carbocycles. The lowest BCUT2D eigenvalue weighted by Gasteiger charge is -2.26. The lowest BCUT2D eigenvalue weighted by atomic mass is 10.1. The zero-order valence-electron chi connectivity index (χ0n) is 14.0. The number of amides is 2. The summed E-state index contributed by atoms with van der Waals surface area (Å²) >= 11 is 0. The summed E-state index contributed by atoms with van der Waals surface area (Å²) < 4.78 is 0. The minimum absolute atomic E-state index is 0.00461. The molecule has 0 unspecified atom stereocenters. The van der Waals surface area contributed by atoms with Gasteiger partial charge in [0.1, 0.15) is 12.1 Å². The molecule has 0 radical (unpaired) electrons. The topological polar surface area (TPSA) is 214 Å². The van der Waals surface area contributed by atoms with Crippen LogP contribution in [0.1, 0.15) is 19.0 Å². The Labute approximate surface area is 148 Å². The van der Waals surface area contributed by atoms with Crippen LogP contribution >= 0.6 is 0 Å². The second kappa shape index (κ2) is 9.48.